The van der Waals surface area contributed by atoms with Crippen LogP contribution in [0.3, 0.4) is 0 Å². The topological polar surface area (TPSA) is 551 Å². The van der Waals surface area contributed by atoms with Gasteiger partial charge in [-0.15, -0.1) is 0 Å². The van der Waals surface area contributed by atoms with Crippen molar-refractivity contribution in [3.05, 3.63) is 110 Å². The zero-order valence-corrected chi connectivity index (χ0v) is 43.5. The van der Waals surface area contributed by atoms with Gasteiger partial charge in [0.2, 0.25) is 23.0 Å². The number of Topliss-reactive ketones (excluding diaryl/α,β-unsaturated/α-hetero) is 1. The molecule has 32 nitrogen and oxygen atoms in total. The van der Waals surface area contributed by atoms with E-state index in [1.807, 2.05) is 0 Å². The molecule has 0 amide bonds. The third kappa shape index (κ3) is 7.99. The molecule has 0 saturated heterocycles. The number of esters is 5. The van der Waals surface area contributed by atoms with Gasteiger partial charge in [-0.2, -0.15) is 0 Å². The molecule has 1 aliphatic carbocycles. The van der Waals surface area contributed by atoms with Crippen LogP contribution in [0.15, 0.2) is 65.7 Å². The number of hydrogen-bond donors (Lipinski definition) is 19. The lowest BCUT2D eigenvalue weighted by atomic mass is 9.64. The van der Waals surface area contributed by atoms with Crippen LogP contribution < -0.4 is 9.47 Å². The van der Waals surface area contributed by atoms with Gasteiger partial charge in [-0.05, 0) is 48.0 Å². The molecule has 6 aliphatic rings. The SMILES string of the molecule is O=C1O[C@H]2[C@H]([C@H]3OC(=O)c4cc(O)c(O)c(O)c4-c4c(cc(O)c(O)c4O)C(=O)OC[C@H]3OC(=O)c3cc(O)c(O)c(O)c3)OC(=O)c3cc(O)c(O)c4c3[C@H]3C1=C(C(=O)C(O)(O)[C@@]3(O)O4)[C@H]2c1c(O)cc(O)c2c1O[C@H](c1ccc(O)c(O)c1)[C@@H](O)C2. The van der Waals surface area contributed by atoms with Crippen molar-refractivity contribution in [3.8, 4) is 109 Å². The van der Waals surface area contributed by atoms with E-state index < -0.39 is 268 Å². The molecular weight excluding hydrogens is 1180 g/mol. The third-order valence-electron chi connectivity index (χ3n) is 15.8. The Morgan fingerprint density at radius 2 is 1.06 bits per heavy atom. The summed E-state index contributed by atoms with van der Waals surface area (Å²) in [6.07, 6.45) is -16.0. The summed E-state index contributed by atoms with van der Waals surface area (Å²) in [5, 5.41) is 212. The second kappa shape index (κ2) is 19.3. The molecule has 6 aromatic rings. The van der Waals surface area contributed by atoms with Crippen LogP contribution >= 0.6 is 0 Å². The molecule has 0 unspecified atom stereocenters. The average molecular weight is 1220 g/mol. The largest absolute Gasteiger partial charge is 0.507 e. The molecule has 0 spiro atoms. The molecule has 12 rings (SSSR count). The zero-order valence-electron chi connectivity index (χ0n) is 43.5. The smallest absolute Gasteiger partial charge is 0.339 e. The summed E-state index contributed by atoms with van der Waals surface area (Å²) in [5.74, 6) is -46.4. The van der Waals surface area contributed by atoms with E-state index in [4.69, 9.17) is 33.2 Å². The van der Waals surface area contributed by atoms with Crippen molar-refractivity contribution in [2.75, 3.05) is 6.61 Å². The van der Waals surface area contributed by atoms with Crippen LogP contribution in [-0.2, 0) is 39.7 Å². The quantitative estimate of drug-likeness (QED) is 0.0485. The first-order valence-electron chi connectivity index (χ1n) is 25.4. The number of aromatic hydroxyl groups is 15. The van der Waals surface area contributed by atoms with Crippen LogP contribution in [0.1, 0.15) is 81.6 Å². The van der Waals surface area contributed by atoms with Crippen LogP contribution in [0.5, 0.6) is 97.7 Å². The van der Waals surface area contributed by atoms with E-state index in [1.165, 1.54) is 0 Å². The molecule has 9 atom stereocenters. The van der Waals surface area contributed by atoms with Gasteiger partial charge in [-0.3, -0.25) is 4.79 Å². The van der Waals surface area contributed by atoms with E-state index in [2.05, 4.69) is 0 Å². The minimum absolute atomic E-state index is 0.167. The summed E-state index contributed by atoms with van der Waals surface area (Å²) < 4.78 is 41.1. The minimum atomic E-state index is -4.44. The predicted octanol–water partition coefficient (Wildman–Crippen LogP) is 0.569. The van der Waals surface area contributed by atoms with Gasteiger partial charge in [0.1, 0.15) is 30.0 Å². The maximum atomic E-state index is 15.4. The molecule has 6 aromatic carbocycles. The van der Waals surface area contributed by atoms with Gasteiger partial charge in [0.05, 0.1) is 45.8 Å². The van der Waals surface area contributed by atoms with Crippen molar-refractivity contribution in [3.63, 3.8) is 0 Å². The number of cyclic esters (lactones) is 3. The number of aliphatic hydroxyl groups is 4. The Morgan fingerprint density at radius 3 is 1.68 bits per heavy atom. The van der Waals surface area contributed by atoms with E-state index in [-0.39, 0.29) is 11.6 Å². The highest BCUT2D eigenvalue weighted by Gasteiger charge is 2.75. The Hall–Kier alpha value is -11.5. The fourth-order valence-corrected chi connectivity index (χ4v) is 11.8. The Bertz CT molecular complexity index is 4210. The highest BCUT2D eigenvalue weighted by Crippen LogP contribution is 2.65. The molecule has 0 radical (unpaired) electrons. The highest BCUT2D eigenvalue weighted by molar-refractivity contribution is 6.14. The second-order valence-corrected chi connectivity index (χ2v) is 20.8. The predicted molar refractivity (Wildman–Crippen MR) is 274 cm³/mol. The van der Waals surface area contributed by atoms with Gasteiger partial charge in [0, 0.05) is 45.9 Å². The number of ether oxygens (including phenoxy) is 7. The number of fused-ring (bicyclic) bond motifs is 6. The molecule has 88 heavy (non-hydrogen) atoms. The fourth-order valence-electron chi connectivity index (χ4n) is 11.8. The Balaban J connectivity index is 1.17. The molecule has 19 N–H and O–H groups in total. The molecule has 5 heterocycles. The number of ketones is 1. The molecule has 2 bridgehead atoms. The standard InChI is InChI=1S/C56H40O32/c57-18-2-1-12(3-20(18)59)43-27(66)6-14-19(58)10-21(60)32(44(14)84-43)33-34-35-36-31-17(9-26(65)40(70)46(31)88-56(36,81)55(79,80)49(34)73)53(77)87-48(47(33)86-54(35)78)45-28(83-50(74)13-4-22(61)37(67)23(62)5-13)11-82-51(75)15-7-24(63)38(68)41(71)29(15)30-16(52(76)85-45)8-25(64)39(69)42(30)72/h1-5,7-10,27-28,33,36,43,45,47-48,57-72,79-81H,6,11H2/t27-,28+,33+,36-,43+,45-,47+,48-,56-/m0/s1. The van der Waals surface area contributed by atoms with Gasteiger partial charge >= 0.3 is 29.8 Å². The van der Waals surface area contributed by atoms with E-state index in [9.17, 15) is 107 Å². The van der Waals surface area contributed by atoms with Crippen molar-refractivity contribution in [1.82, 2.24) is 0 Å². The molecule has 0 aromatic heterocycles. The van der Waals surface area contributed by atoms with Crippen LogP contribution in [0.25, 0.3) is 11.1 Å². The average Bonchev–Trinajstić information content (AvgIpc) is 1.37. The number of carbonyl (C=O) groups excluding carboxylic acids is 6. The van der Waals surface area contributed by atoms with Gasteiger partial charge in [-0.25, -0.2) is 24.0 Å². The number of phenols is 15. The number of aliphatic hydroxyl groups excluding tert-OH is 1. The van der Waals surface area contributed by atoms with Gasteiger partial charge in [0.15, 0.2) is 87.7 Å². The maximum absolute atomic E-state index is 15.4. The van der Waals surface area contributed by atoms with Crippen LogP contribution in [-0.4, -0.2) is 181 Å². The lowest BCUT2D eigenvalue weighted by Crippen LogP contribution is -2.69. The number of phenolic OH excluding ortho intramolecular Hbond substituents is 15. The highest BCUT2D eigenvalue weighted by atomic mass is 16.7. The number of benzene rings is 6. The number of hydrogen-bond acceptors (Lipinski definition) is 32. The normalized spacial score (nSPS) is 24.8. The first-order chi connectivity index (χ1) is 41.4. The van der Waals surface area contributed by atoms with Crippen molar-refractivity contribution in [2.24, 2.45) is 0 Å². The van der Waals surface area contributed by atoms with Crippen molar-refractivity contribution in [2.45, 2.75) is 66.5 Å². The molecule has 32 heteroatoms. The monoisotopic (exact) mass is 1220 g/mol. The van der Waals surface area contributed by atoms with E-state index in [1.54, 1.807) is 0 Å². The van der Waals surface area contributed by atoms with Crippen LogP contribution in [0.4, 0.5) is 0 Å². The lowest BCUT2D eigenvalue weighted by Gasteiger charge is -2.49. The minimum Gasteiger partial charge on any atom is -0.507 e. The van der Waals surface area contributed by atoms with Crippen LogP contribution in [0, 0.1) is 0 Å². The molecule has 456 valence electrons. The van der Waals surface area contributed by atoms with E-state index in [0.29, 0.717) is 30.3 Å². The summed E-state index contributed by atoms with van der Waals surface area (Å²) in [4.78, 5) is 90.4. The zero-order chi connectivity index (χ0) is 63.6. The number of rotatable bonds is 5. The summed E-state index contributed by atoms with van der Waals surface area (Å²) in [5.41, 5.74) is -12.2. The Labute approximate surface area is 485 Å². The van der Waals surface area contributed by atoms with E-state index >= 15 is 19.2 Å². The maximum Gasteiger partial charge on any atom is 0.339 e. The first-order valence-corrected chi connectivity index (χ1v) is 25.4. The lowest BCUT2D eigenvalue weighted by molar-refractivity contribution is -0.324. The van der Waals surface area contributed by atoms with Gasteiger partial charge < -0.3 is 130 Å². The fraction of sp³-hybridized carbons (Fsp3) is 0.214. The first kappa shape index (κ1) is 57.0. The summed E-state index contributed by atoms with van der Waals surface area (Å²) in [6, 6.07) is 5.52. The van der Waals surface area contributed by atoms with Gasteiger partial charge in [0.25, 0.3) is 11.6 Å². The Kier molecular flexibility index (Phi) is 12.5. The summed E-state index contributed by atoms with van der Waals surface area (Å²) >= 11 is 0. The van der Waals surface area contributed by atoms with Gasteiger partial charge in [-0.1, -0.05) is 6.07 Å². The molecule has 0 fully saturated rings. The molecule has 5 aliphatic heterocycles. The third-order valence-corrected chi connectivity index (χ3v) is 15.8. The summed E-state index contributed by atoms with van der Waals surface area (Å²) in [7, 11) is 0. The Morgan fingerprint density at radius 1 is 0.500 bits per heavy atom. The van der Waals surface area contributed by atoms with Crippen molar-refractivity contribution in [1.29, 1.82) is 0 Å². The van der Waals surface area contributed by atoms with Crippen LogP contribution in [0.2, 0.25) is 0 Å². The second-order valence-electron chi connectivity index (χ2n) is 20.8. The van der Waals surface area contributed by atoms with Crippen molar-refractivity contribution >= 4 is 35.6 Å². The van der Waals surface area contributed by atoms with E-state index in [0.717, 1.165) is 18.2 Å². The molecule has 0 saturated carbocycles. The number of carbonyl (C=O) groups is 6. The van der Waals surface area contributed by atoms with Crippen molar-refractivity contribution < 1.29 is 159 Å². The molecular formula is C56H40O32. The summed E-state index contributed by atoms with van der Waals surface area (Å²) in [6.45, 7) is -1.65.